The Balaban J connectivity index is 1.44. The van der Waals surface area contributed by atoms with Crippen molar-refractivity contribution >= 4 is 23.6 Å². The molecular formula is C25H37ClN2O4. The predicted octanol–water partition coefficient (Wildman–Crippen LogP) is 5.63. The van der Waals surface area contributed by atoms with Crippen molar-refractivity contribution in [1.29, 1.82) is 0 Å². The lowest BCUT2D eigenvalue weighted by Gasteiger charge is -2.39. The van der Waals surface area contributed by atoms with Crippen LogP contribution in [0.2, 0.25) is 5.02 Å². The summed E-state index contributed by atoms with van der Waals surface area (Å²) in [6.45, 7) is 7.29. The SMILES string of the molecule is CN(C)C(=O)c1ccc(O[C@H]2CC[C@@H](C3CCN(C(=O)OC(C)(C)C)CC3)CC2)cc1Cl. The van der Waals surface area contributed by atoms with E-state index in [-0.39, 0.29) is 18.1 Å². The maximum Gasteiger partial charge on any atom is 0.410 e. The van der Waals surface area contributed by atoms with Gasteiger partial charge in [-0.3, -0.25) is 4.79 Å². The van der Waals surface area contributed by atoms with Crippen molar-refractivity contribution in [2.45, 2.75) is 71.0 Å². The zero-order valence-electron chi connectivity index (χ0n) is 20.0. The number of hydrogen-bond acceptors (Lipinski definition) is 4. The van der Waals surface area contributed by atoms with Crippen LogP contribution in [0.25, 0.3) is 0 Å². The van der Waals surface area contributed by atoms with E-state index in [1.807, 2.05) is 31.7 Å². The summed E-state index contributed by atoms with van der Waals surface area (Å²) < 4.78 is 11.7. The van der Waals surface area contributed by atoms with Gasteiger partial charge in [-0.25, -0.2) is 4.79 Å². The van der Waals surface area contributed by atoms with Gasteiger partial charge >= 0.3 is 6.09 Å². The van der Waals surface area contributed by atoms with Crippen molar-refractivity contribution in [2.24, 2.45) is 11.8 Å². The summed E-state index contributed by atoms with van der Waals surface area (Å²) in [5.41, 5.74) is 0.0455. The zero-order valence-corrected chi connectivity index (χ0v) is 20.8. The maximum absolute atomic E-state index is 12.3. The monoisotopic (exact) mass is 464 g/mol. The molecule has 32 heavy (non-hydrogen) atoms. The minimum Gasteiger partial charge on any atom is -0.490 e. The van der Waals surface area contributed by atoms with E-state index in [9.17, 15) is 9.59 Å². The first kappa shape index (κ1) is 24.7. The fourth-order valence-corrected chi connectivity index (χ4v) is 4.99. The van der Waals surface area contributed by atoms with Crippen molar-refractivity contribution in [3.63, 3.8) is 0 Å². The Morgan fingerprint density at radius 1 is 1.00 bits per heavy atom. The Kier molecular flexibility index (Phi) is 7.97. The number of halogens is 1. The molecule has 0 radical (unpaired) electrons. The average Bonchev–Trinajstić information content (AvgIpc) is 2.73. The van der Waals surface area contributed by atoms with Crippen LogP contribution in [0.3, 0.4) is 0 Å². The molecule has 0 aromatic heterocycles. The summed E-state index contributed by atoms with van der Waals surface area (Å²) in [4.78, 5) is 27.8. The Morgan fingerprint density at radius 2 is 1.59 bits per heavy atom. The van der Waals surface area contributed by atoms with E-state index >= 15 is 0 Å². The molecule has 3 rings (SSSR count). The van der Waals surface area contributed by atoms with Crippen molar-refractivity contribution in [1.82, 2.24) is 9.80 Å². The van der Waals surface area contributed by atoms with Gasteiger partial charge in [0.25, 0.3) is 5.91 Å². The number of ether oxygens (including phenoxy) is 2. The van der Waals surface area contributed by atoms with Gasteiger partial charge in [-0.1, -0.05) is 11.6 Å². The highest BCUT2D eigenvalue weighted by atomic mass is 35.5. The number of benzene rings is 1. The van der Waals surface area contributed by atoms with Crippen LogP contribution >= 0.6 is 11.6 Å². The van der Waals surface area contributed by atoms with E-state index in [2.05, 4.69) is 0 Å². The molecular weight excluding hydrogens is 428 g/mol. The standard InChI is InChI=1S/C25H37ClN2O4/c1-25(2,3)32-24(30)28-14-12-18(13-15-28)17-6-8-19(9-7-17)31-20-10-11-21(22(26)16-20)23(29)27(4)5/h10-11,16-19H,6-9,12-15H2,1-5H3/t17-,19+. The van der Waals surface area contributed by atoms with Gasteiger partial charge in [-0.05, 0) is 89.3 Å². The molecule has 6 nitrogen and oxygen atoms in total. The number of rotatable bonds is 4. The summed E-state index contributed by atoms with van der Waals surface area (Å²) in [6.07, 6.45) is 6.42. The molecule has 0 N–H and O–H groups in total. The summed E-state index contributed by atoms with van der Waals surface area (Å²) in [6, 6.07) is 5.32. The van der Waals surface area contributed by atoms with E-state index in [4.69, 9.17) is 21.1 Å². The first-order valence-corrected chi connectivity index (χ1v) is 12.1. The lowest BCUT2D eigenvalue weighted by Crippen LogP contribution is -2.43. The van der Waals surface area contributed by atoms with Crippen molar-refractivity contribution in [3.05, 3.63) is 28.8 Å². The fourth-order valence-electron chi connectivity index (χ4n) is 4.73. The molecule has 1 saturated heterocycles. The molecule has 1 heterocycles. The topological polar surface area (TPSA) is 59.1 Å². The van der Waals surface area contributed by atoms with Crippen molar-refractivity contribution in [2.75, 3.05) is 27.2 Å². The number of amides is 2. The third-order valence-electron chi connectivity index (χ3n) is 6.46. The molecule has 2 fully saturated rings. The number of likely N-dealkylation sites (tertiary alicyclic amines) is 1. The molecule has 0 unspecified atom stereocenters. The van der Waals surface area contributed by atoms with Gasteiger partial charge in [0.1, 0.15) is 11.4 Å². The van der Waals surface area contributed by atoms with Gasteiger partial charge in [0.15, 0.2) is 0 Å². The van der Waals surface area contributed by atoms with Gasteiger partial charge in [0, 0.05) is 27.2 Å². The number of carbonyl (C=O) groups excluding carboxylic acids is 2. The summed E-state index contributed by atoms with van der Waals surface area (Å²) in [5.74, 6) is 1.97. The summed E-state index contributed by atoms with van der Waals surface area (Å²) >= 11 is 6.32. The van der Waals surface area contributed by atoms with Crippen LogP contribution in [0.15, 0.2) is 18.2 Å². The van der Waals surface area contributed by atoms with Gasteiger partial charge in [-0.2, -0.15) is 0 Å². The zero-order chi connectivity index (χ0) is 23.5. The molecule has 0 bridgehead atoms. The van der Waals surface area contributed by atoms with Crippen LogP contribution in [-0.4, -0.2) is 60.7 Å². The Bertz CT molecular complexity index is 805. The van der Waals surface area contributed by atoms with Crippen LogP contribution in [-0.2, 0) is 4.74 Å². The molecule has 0 atom stereocenters. The Hall–Kier alpha value is -1.95. The maximum atomic E-state index is 12.3. The molecule has 1 aliphatic heterocycles. The van der Waals surface area contributed by atoms with Crippen LogP contribution < -0.4 is 4.74 Å². The van der Waals surface area contributed by atoms with Crippen LogP contribution in [0, 0.1) is 11.8 Å². The first-order chi connectivity index (χ1) is 15.0. The fraction of sp³-hybridized carbons (Fsp3) is 0.680. The van der Waals surface area contributed by atoms with E-state index in [1.165, 1.54) is 4.90 Å². The average molecular weight is 465 g/mol. The Morgan fingerprint density at radius 3 is 2.12 bits per heavy atom. The van der Waals surface area contributed by atoms with Gasteiger partial charge in [0.05, 0.1) is 16.7 Å². The van der Waals surface area contributed by atoms with Gasteiger partial charge in [-0.15, -0.1) is 0 Å². The van der Waals surface area contributed by atoms with Crippen LogP contribution in [0.4, 0.5) is 4.79 Å². The molecule has 2 aliphatic rings. The van der Waals surface area contributed by atoms with E-state index in [0.717, 1.165) is 57.4 Å². The third-order valence-corrected chi connectivity index (χ3v) is 6.77. The second-order valence-electron chi connectivity index (χ2n) is 10.3. The largest absolute Gasteiger partial charge is 0.490 e. The summed E-state index contributed by atoms with van der Waals surface area (Å²) in [7, 11) is 3.42. The molecule has 7 heteroatoms. The smallest absolute Gasteiger partial charge is 0.410 e. The highest BCUT2D eigenvalue weighted by Gasteiger charge is 2.33. The molecule has 1 aromatic rings. The van der Waals surface area contributed by atoms with Gasteiger partial charge in [0.2, 0.25) is 0 Å². The highest BCUT2D eigenvalue weighted by molar-refractivity contribution is 6.34. The number of nitrogens with zero attached hydrogens (tertiary/aromatic N) is 2. The molecule has 0 spiro atoms. The molecule has 178 valence electrons. The van der Waals surface area contributed by atoms with Gasteiger partial charge < -0.3 is 19.3 Å². The lowest BCUT2D eigenvalue weighted by atomic mass is 9.75. The highest BCUT2D eigenvalue weighted by Crippen LogP contribution is 2.37. The normalized spacial score (nSPS) is 22.4. The minimum absolute atomic E-state index is 0.111. The molecule has 1 saturated carbocycles. The number of piperidine rings is 1. The number of hydrogen-bond donors (Lipinski definition) is 0. The Labute approximate surface area is 197 Å². The second kappa shape index (κ2) is 10.3. The summed E-state index contributed by atoms with van der Waals surface area (Å²) in [5, 5.41) is 0.423. The second-order valence-corrected chi connectivity index (χ2v) is 10.7. The number of carbonyl (C=O) groups is 2. The first-order valence-electron chi connectivity index (χ1n) is 11.7. The predicted molar refractivity (Wildman–Crippen MR) is 126 cm³/mol. The quantitative estimate of drug-likeness (QED) is 0.579. The molecule has 1 aromatic carbocycles. The minimum atomic E-state index is -0.446. The van der Waals surface area contributed by atoms with Crippen LogP contribution in [0.5, 0.6) is 5.75 Å². The van der Waals surface area contributed by atoms with E-state index < -0.39 is 5.60 Å². The van der Waals surface area contributed by atoms with E-state index in [1.54, 1.807) is 26.2 Å². The van der Waals surface area contributed by atoms with Crippen molar-refractivity contribution < 1.29 is 19.1 Å². The molecule has 1 aliphatic carbocycles. The lowest BCUT2D eigenvalue weighted by molar-refractivity contribution is 0.0132. The van der Waals surface area contributed by atoms with Crippen LogP contribution in [0.1, 0.15) is 69.7 Å². The molecule has 2 amide bonds. The van der Waals surface area contributed by atoms with Crippen molar-refractivity contribution in [3.8, 4) is 5.75 Å². The van der Waals surface area contributed by atoms with E-state index in [0.29, 0.717) is 22.4 Å². The third kappa shape index (κ3) is 6.53.